The molecule has 2 saturated heterocycles. The number of amides is 4. The van der Waals surface area contributed by atoms with Crippen LogP contribution in [0.25, 0.3) is 0 Å². The highest BCUT2D eigenvalue weighted by atomic mass is 16.5. The molecule has 4 aliphatic carbocycles. The Balaban J connectivity index is 0.000000172. The van der Waals surface area contributed by atoms with Crippen LogP contribution in [0.3, 0.4) is 0 Å². The average Bonchev–Trinajstić information content (AvgIpc) is 3.76. The third kappa shape index (κ3) is 9.81. The van der Waals surface area contributed by atoms with Crippen LogP contribution >= 0.6 is 0 Å². The van der Waals surface area contributed by atoms with Gasteiger partial charge in [0.1, 0.15) is 11.5 Å². The fraction of sp³-hybridized carbons (Fsp3) is 0.534. The highest BCUT2D eigenvalue weighted by Crippen LogP contribution is 2.51. The van der Waals surface area contributed by atoms with E-state index in [0.29, 0.717) is 31.5 Å². The van der Waals surface area contributed by atoms with Gasteiger partial charge in [0.25, 0.3) is 0 Å². The third-order valence-corrected chi connectivity index (χ3v) is 17.7. The van der Waals surface area contributed by atoms with E-state index in [1.165, 1.54) is 49.7 Å². The second kappa shape index (κ2) is 20.8. The maximum atomic E-state index is 13.8. The van der Waals surface area contributed by atoms with Crippen molar-refractivity contribution in [2.45, 2.75) is 125 Å². The SMILES string of the molecule is CNC1(c2ccccc2)CCC2(CC1)CN(Cc1ccc(OC)cc1)C(=O)N2CC1CCC1.COc1ccc(CN2CC3(CCC(c4ccccc4)(N(C)CC#N)CC3)N(CC3CCC3)C2=O)cc1. The van der Waals surface area contributed by atoms with Crippen molar-refractivity contribution in [2.75, 3.05) is 61.0 Å². The number of carbonyl (C=O) groups excluding carboxylic acids is 2. The molecule has 2 heterocycles. The number of benzene rings is 4. The zero-order valence-corrected chi connectivity index (χ0v) is 41.7. The maximum absolute atomic E-state index is 13.8. The van der Waals surface area contributed by atoms with Gasteiger partial charge in [-0.25, -0.2) is 9.59 Å². The summed E-state index contributed by atoms with van der Waals surface area (Å²) in [5.41, 5.74) is 4.59. The first kappa shape index (κ1) is 48.5. The Morgan fingerprint density at radius 1 is 0.609 bits per heavy atom. The number of hydrogen-bond acceptors (Lipinski definition) is 7. The van der Waals surface area contributed by atoms with E-state index in [9.17, 15) is 14.9 Å². The molecule has 69 heavy (non-hydrogen) atoms. The Bertz CT molecular complexity index is 2360. The molecule has 10 rings (SSSR count). The summed E-state index contributed by atoms with van der Waals surface area (Å²) >= 11 is 0. The minimum absolute atomic E-state index is 0.00109. The molecule has 11 nitrogen and oxygen atoms in total. The van der Waals surface area contributed by atoms with E-state index in [2.05, 4.69) is 135 Å². The van der Waals surface area contributed by atoms with Crippen LogP contribution < -0.4 is 14.8 Å². The normalized spacial score (nSPS) is 27.0. The molecular formula is C58H75N7O4. The van der Waals surface area contributed by atoms with Crippen molar-refractivity contribution >= 4 is 12.1 Å². The number of methoxy groups -OCH3 is 2. The van der Waals surface area contributed by atoms with E-state index in [-0.39, 0.29) is 34.2 Å². The molecule has 4 aromatic carbocycles. The molecule has 0 radical (unpaired) electrons. The number of ether oxygens (including phenoxy) is 2. The van der Waals surface area contributed by atoms with Crippen LogP contribution in [0.1, 0.15) is 112 Å². The van der Waals surface area contributed by atoms with E-state index >= 15 is 0 Å². The molecule has 0 aromatic heterocycles. The van der Waals surface area contributed by atoms with Crippen molar-refractivity contribution in [1.82, 2.24) is 29.8 Å². The van der Waals surface area contributed by atoms with Gasteiger partial charge in [-0.2, -0.15) is 5.26 Å². The van der Waals surface area contributed by atoms with Crippen molar-refractivity contribution in [1.29, 1.82) is 5.26 Å². The van der Waals surface area contributed by atoms with Crippen molar-refractivity contribution in [3.63, 3.8) is 0 Å². The Hall–Kier alpha value is -5.57. The van der Waals surface area contributed by atoms with Gasteiger partial charge in [0, 0.05) is 50.3 Å². The first-order valence-electron chi connectivity index (χ1n) is 25.8. The predicted molar refractivity (Wildman–Crippen MR) is 272 cm³/mol. The Kier molecular flexibility index (Phi) is 14.6. The van der Waals surface area contributed by atoms with Gasteiger partial charge in [0.15, 0.2) is 0 Å². The molecule has 366 valence electrons. The molecule has 0 bridgehead atoms. The van der Waals surface area contributed by atoms with Crippen LogP contribution in [0.2, 0.25) is 0 Å². The van der Waals surface area contributed by atoms with Gasteiger partial charge in [-0.3, -0.25) is 4.90 Å². The quantitative estimate of drug-likeness (QED) is 0.118. The summed E-state index contributed by atoms with van der Waals surface area (Å²) in [5, 5.41) is 13.2. The predicted octanol–water partition coefficient (Wildman–Crippen LogP) is 10.6. The highest BCUT2D eigenvalue weighted by molar-refractivity contribution is 5.79. The van der Waals surface area contributed by atoms with Gasteiger partial charge in [0.05, 0.1) is 37.9 Å². The number of nitrogens with zero attached hydrogens (tertiary/aromatic N) is 6. The molecular weight excluding hydrogens is 859 g/mol. The largest absolute Gasteiger partial charge is 0.497 e. The molecule has 0 atom stereocenters. The first-order chi connectivity index (χ1) is 33.6. The van der Waals surface area contributed by atoms with Gasteiger partial charge in [-0.15, -0.1) is 0 Å². The number of urea groups is 2. The number of carbonyl (C=O) groups is 2. The van der Waals surface area contributed by atoms with E-state index in [1.54, 1.807) is 14.2 Å². The van der Waals surface area contributed by atoms with Crippen LogP contribution in [0.5, 0.6) is 11.5 Å². The minimum atomic E-state index is -0.170. The van der Waals surface area contributed by atoms with Gasteiger partial charge in [-0.1, -0.05) is 97.8 Å². The second-order valence-electron chi connectivity index (χ2n) is 21.3. The van der Waals surface area contributed by atoms with Crippen LogP contribution in [0.4, 0.5) is 9.59 Å². The number of hydrogen-bond donors (Lipinski definition) is 1. The van der Waals surface area contributed by atoms with Gasteiger partial charge < -0.3 is 34.4 Å². The molecule has 2 aliphatic heterocycles. The molecule has 4 saturated carbocycles. The zero-order chi connectivity index (χ0) is 48.1. The Morgan fingerprint density at radius 2 is 1.03 bits per heavy atom. The van der Waals surface area contributed by atoms with Crippen molar-refractivity contribution in [3.05, 3.63) is 131 Å². The highest BCUT2D eigenvalue weighted by Gasteiger charge is 2.56. The number of nitrogens with one attached hydrogen (secondary N) is 1. The van der Waals surface area contributed by atoms with Crippen LogP contribution in [0, 0.1) is 23.2 Å². The van der Waals surface area contributed by atoms with E-state index in [0.717, 1.165) is 100 Å². The Labute approximate surface area is 411 Å². The maximum Gasteiger partial charge on any atom is 0.320 e. The lowest BCUT2D eigenvalue weighted by atomic mass is 9.68. The molecule has 2 spiro atoms. The van der Waals surface area contributed by atoms with Crippen LogP contribution in [-0.4, -0.2) is 109 Å². The molecule has 11 heteroatoms. The summed E-state index contributed by atoms with van der Waals surface area (Å²) in [4.78, 5) is 38.4. The number of nitriles is 1. The fourth-order valence-electron chi connectivity index (χ4n) is 12.8. The molecule has 1 N–H and O–H groups in total. The van der Waals surface area contributed by atoms with Crippen molar-refractivity contribution < 1.29 is 19.1 Å². The second-order valence-corrected chi connectivity index (χ2v) is 21.3. The monoisotopic (exact) mass is 934 g/mol. The smallest absolute Gasteiger partial charge is 0.320 e. The topological polar surface area (TPSA) is 105 Å². The number of rotatable bonds is 15. The standard InChI is InChI=1S/C30H38N4O2.C28H37N3O2/c1-32(20-19-31)30(26-9-4-3-5-10-26)17-15-29(16-18-30)23-33(21-25-11-13-27(36-2)14-12-25)28(35)34(29)22-24-7-6-8-24;1-29-28(24-9-4-3-5-10-24)17-15-27(16-18-28)21-30(19-23-11-13-25(33-2)14-12-23)26(32)31(27)20-22-7-6-8-22/h3-5,9-14,24H,6-8,15-18,20-23H2,1-2H3;3-5,9-14,22,29H,6-8,15-21H2,1-2H3. The average molecular weight is 934 g/mol. The summed E-state index contributed by atoms with van der Waals surface area (Å²) < 4.78 is 10.6. The lowest BCUT2D eigenvalue weighted by molar-refractivity contribution is 0.0103. The van der Waals surface area contributed by atoms with Crippen molar-refractivity contribution in [2.24, 2.45) is 11.8 Å². The third-order valence-electron chi connectivity index (χ3n) is 17.7. The fourth-order valence-corrected chi connectivity index (χ4v) is 12.8. The van der Waals surface area contributed by atoms with E-state index in [1.807, 2.05) is 24.3 Å². The molecule has 4 aromatic rings. The lowest BCUT2D eigenvalue weighted by Crippen LogP contribution is -2.57. The first-order valence-corrected chi connectivity index (χ1v) is 25.8. The zero-order valence-electron chi connectivity index (χ0n) is 41.7. The minimum Gasteiger partial charge on any atom is -0.497 e. The summed E-state index contributed by atoms with van der Waals surface area (Å²) in [6.07, 6.45) is 15.6. The molecule has 6 aliphatic rings. The molecule has 6 fully saturated rings. The summed E-state index contributed by atoms with van der Waals surface area (Å²) in [5.74, 6) is 3.00. The summed E-state index contributed by atoms with van der Waals surface area (Å²) in [6, 6.07) is 40.5. The van der Waals surface area contributed by atoms with E-state index < -0.39 is 0 Å². The lowest BCUT2D eigenvalue weighted by Gasteiger charge is -2.52. The Morgan fingerprint density at radius 3 is 1.41 bits per heavy atom. The van der Waals surface area contributed by atoms with Crippen LogP contribution in [0.15, 0.2) is 109 Å². The van der Waals surface area contributed by atoms with Gasteiger partial charge >= 0.3 is 12.1 Å². The molecule has 4 amide bonds. The van der Waals surface area contributed by atoms with Crippen molar-refractivity contribution in [3.8, 4) is 17.6 Å². The summed E-state index contributed by atoms with van der Waals surface area (Å²) in [7, 11) is 7.53. The molecule has 0 unspecified atom stereocenters. The van der Waals surface area contributed by atoms with Gasteiger partial charge in [-0.05, 0) is 150 Å². The van der Waals surface area contributed by atoms with Crippen LogP contribution in [-0.2, 0) is 24.2 Å². The summed E-state index contributed by atoms with van der Waals surface area (Å²) in [6.45, 7) is 5.11. The van der Waals surface area contributed by atoms with E-state index in [4.69, 9.17) is 9.47 Å². The van der Waals surface area contributed by atoms with Gasteiger partial charge in [0.2, 0.25) is 0 Å².